The van der Waals surface area contributed by atoms with Gasteiger partial charge in [-0.15, -0.1) is 0 Å². The first-order valence-corrected chi connectivity index (χ1v) is 8.92. The van der Waals surface area contributed by atoms with Crippen LogP contribution in [-0.4, -0.2) is 51.5 Å². The minimum absolute atomic E-state index is 0.184. The Bertz CT molecular complexity index is 935. The van der Waals surface area contributed by atoms with Gasteiger partial charge in [-0.25, -0.2) is 9.07 Å². The third-order valence-electron chi connectivity index (χ3n) is 4.26. The summed E-state index contributed by atoms with van der Waals surface area (Å²) in [7, 11) is 3.26. The lowest BCUT2D eigenvalue weighted by Gasteiger charge is -2.15. The first-order chi connectivity index (χ1) is 13.5. The number of carbonyl (C=O) groups excluding carboxylic acids is 1. The molecule has 28 heavy (non-hydrogen) atoms. The lowest BCUT2D eigenvalue weighted by molar-refractivity contribution is 0.0768. The van der Waals surface area contributed by atoms with Gasteiger partial charge in [0, 0.05) is 20.6 Å². The van der Waals surface area contributed by atoms with Crippen molar-refractivity contribution in [3.05, 3.63) is 59.3 Å². The van der Waals surface area contributed by atoms with Crippen LogP contribution in [0.2, 0.25) is 0 Å². The Labute approximate surface area is 161 Å². The van der Waals surface area contributed by atoms with Crippen molar-refractivity contribution in [3.8, 4) is 5.69 Å². The van der Waals surface area contributed by atoms with Gasteiger partial charge in [-0.2, -0.15) is 10.1 Å². The zero-order chi connectivity index (χ0) is 20.1. The molecular formula is C19H22FN5O3. The van der Waals surface area contributed by atoms with Crippen LogP contribution < -0.4 is 0 Å². The normalized spacial score (nSPS) is 11.0. The van der Waals surface area contributed by atoms with Crippen molar-refractivity contribution in [3.63, 3.8) is 0 Å². The van der Waals surface area contributed by atoms with Crippen molar-refractivity contribution < 1.29 is 18.4 Å². The third-order valence-corrected chi connectivity index (χ3v) is 4.26. The van der Waals surface area contributed by atoms with Gasteiger partial charge in [0.1, 0.15) is 5.82 Å². The Hall–Kier alpha value is -3.07. The van der Waals surface area contributed by atoms with Crippen molar-refractivity contribution in [1.82, 2.24) is 24.8 Å². The summed E-state index contributed by atoms with van der Waals surface area (Å²) in [6.45, 7) is 2.62. The number of carbonyl (C=O) groups is 1. The third kappa shape index (κ3) is 4.25. The largest absolute Gasteiger partial charge is 0.384 e. The summed E-state index contributed by atoms with van der Waals surface area (Å²) >= 11 is 0. The molecule has 9 heteroatoms. The molecule has 0 unspecified atom stereocenters. The predicted molar refractivity (Wildman–Crippen MR) is 98.6 cm³/mol. The van der Waals surface area contributed by atoms with Gasteiger partial charge in [0.25, 0.3) is 5.91 Å². The molecule has 0 radical (unpaired) electrons. The number of rotatable bonds is 8. The van der Waals surface area contributed by atoms with Crippen LogP contribution in [0, 0.1) is 5.82 Å². The van der Waals surface area contributed by atoms with Crippen LogP contribution in [0.25, 0.3) is 5.69 Å². The second kappa shape index (κ2) is 8.75. The molecule has 0 fully saturated rings. The minimum atomic E-state index is -0.325. The number of methoxy groups -OCH3 is 1. The summed E-state index contributed by atoms with van der Waals surface area (Å²) in [4.78, 5) is 18.7. The molecule has 0 saturated carbocycles. The van der Waals surface area contributed by atoms with Gasteiger partial charge in [-0.3, -0.25) is 4.79 Å². The van der Waals surface area contributed by atoms with Gasteiger partial charge in [-0.1, -0.05) is 12.1 Å². The SMILES string of the molecule is CCc1c(C(=O)N(C)Cc2nc(CCOC)no2)cnn1-c1ccc(F)cc1. The summed E-state index contributed by atoms with van der Waals surface area (Å²) < 4.78 is 25.0. The predicted octanol–water partition coefficient (Wildman–Crippen LogP) is 2.42. The van der Waals surface area contributed by atoms with Gasteiger partial charge in [0.15, 0.2) is 5.82 Å². The molecule has 2 aromatic heterocycles. The molecule has 0 bridgehead atoms. The number of aromatic nitrogens is 4. The molecule has 8 nitrogen and oxygen atoms in total. The van der Waals surface area contributed by atoms with E-state index in [0.29, 0.717) is 42.4 Å². The average Bonchev–Trinajstić information content (AvgIpc) is 3.32. The highest BCUT2D eigenvalue weighted by Gasteiger charge is 2.22. The maximum atomic E-state index is 13.2. The van der Waals surface area contributed by atoms with Crippen LogP contribution in [0.1, 0.15) is 34.7 Å². The summed E-state index contributed by atoms with van der Waals surface area (Å²) in [5.74, 6) is 0.360. The van der Waals surface area contributed by atoms with Crippen LogP contribution in [0.15, 0.2) is 35.0 Å². The molecule has 1 aromatic carbocycles. The van der Waals surface area contributed by atoms with E-state index in [2.05, 4.69) is 15.2 Å². The zero-order valence-corrected chi connectivity index (χ0v) is 16.1. The molecular weight excluding hydrogens is 365 g/mol. The molecule has 2 heterocycles. The van der Waals surface area contributed by atoms with Crippen molar-refractivity contribution >= 4 is 5.91 Å². The first kappa shape index (κ1) is 19.7. The lowest BCUT2D eigenvalue weighted by Crippen LogP contribution is -2.27. The van der Waals surface area contributed by atoms with Crippen molar-refractivity contribution in [1.29, 1.82) is 0 Å². The topological polar surface area (TPSA) is 86.3 Å². The Morgan fingerprint density at radius 1 is 1.32 bits per heavy atom. The second-order valence-corrected chi connectivity index (χ2v) is 6.26. The molecule has 0 aliphatic carbocycles. The highest BCUT2D eigenvalue weighted by atomic mass is 19.1. The van der Waals surface area contributed by atoms with Crippen LogP contribution in [-0.2, 0) is 24.1 Å². The van der Waals surface area contributed by atoms with E-state index >= 15 is 0 Å². The minimum Gasteiger partial charge on any atom is -0.384 e. The molecule has 1 amide bonds. The Balaban J connectivity index is 1.76. The van der Waals surface area contributed by atoms with E-state index < -0.39 is 0 Å². The Morgan fingerprint density at radius 3 is 2.75 bits per heavy atom. The first-order valence-electron chi connectivity index (χ1n) is 8.92. The standard InChI is InChI=1S/C19H22FN5O3/c1-4-16-15(11-21-25(16)14-7-5-13(20)6-8-14)19(26)24(2)12-18-22-17(23-28-18)9-10-27-3/h5-8,11H,4,9-10,12H2,1-3H3. The molecule has 0 N–H and O–H groups in total. The summed E-state index contributed by atoms with van der Waals surface area (Å²) in [5.41, 5.74) is 1.92. The summed E-state index contributed by atoms with van der Waals surface area (Å²) in [5, 5.41) is 8.19. The van der Waals surface area contributed by atoms with Crippen molar-refractivity contribution in [2.75, 3.05) is 20.8 Å². The number of ether oxygens (including phenoxy) is 1. The van der Waals surface area contributed by atoms with Crippen molar-refractivity contribution in [2.24, 2.45) is 0 Å². The van der Waals surface area contributed by atoms with Crippen LogP contribution >= 0.6 is 0 Å². The van der Waals surface area contributed by atoms with Gasteiger partial charge in [0.2, 0.25) is 5.89 Å². The number of benzene rings is 1. The van der Waals surface area contributed by atoms with Gasteiger partial charge >= 0.3 is 0 Å². The lowest BCUT2D eigenvalue weighted by atomic mass is 10.1. The highest BCUT2D eigenvalue weighted by Crippen LogP contribution is 2.18. The van der Waals surface area contributed by atoms with Crippen molar-refractivity contribution in [2.45, 2.75) is 26.3 Å². The number of hydrogen-bond donors (Lipinski definition) is 0. The summed E-state index contributed by atoms with van der Waals surface area (Å²) in [6, 6.07) is 5.97. The molecule has 0 saturated heterocycles. The quantitative estimate of drug-likeness (QED) is 0.590. The van der Waals surface area contributed by atoms with E-state index in [-0.39, 0.29) is 18.3 Å². The van der Waals surface area contributed by atoms with Crippen LogP contribution in [0.3, 0.4) is 0 Å². The maximum absolute atomic E-state index is 13.2. The van der Waals surface area contributed by atoms with Gasteiger partial charge in [0.05, 0.1) is 36.3 Å². The average molecular weight is 387 g/mol. The van der Waals surface area contributed by atoms with Gasteiger partial charge < -0.3 is 14.2 Å². The Kier molecular flexibility index (Phi) is 6.15. The zero-order valence-electron chi connectivity index (χ0n) is 16.1. The van der Waals surface area contributed by atoms with Crippen LogP contribution in [0.5, 0.6) is 0 Å². The van der Waals surface area contributed by atoms with E-state index in [9.17, 15) is 9.18 Å². The monoisotopic (exact) mass is 387 g/mol. The van der Waals surface area contributed by atoms with E-state index in [1.807, 2.05) is 6.92 Å². The van der Waals surface area contributed by atoms with E-state index in [1.165, 1.54) is 23.2 Å². The highest BCUT2D eigenvalue weighted by molar-refractivity contribution is 5.95. The molecule has 148 valence electrons. The Morgan fingerprint density at radius 2 is 2.07 bits per heavy atom. The fourth-order valence-corrected chi connectivity index (χ4v) is 2.83. The fraction of sp³-hybridized carbons (Fsp3) is 0.368. The molecule has 0 atom stereocenters. The number of amides is 1. The smallest absolute Gasteiger partial charge is 0.257 e. The van der Waals surface area contributed by atoms with Gasteiger partial charge in [-0.05, 0) is 30.7 Å². The second-order valence-electron chi connectivity index (χ2n) is 6.26. The van der Waals surface area contributed by atoms with Crippen LogP contribution in [0.4, 0.5) is 4.39 Å². The molecule has 0 aliphatic rings. The molecule has 3 rings (SSSR count). The molecule has 3 aromatic rings. The molecule has 0 aliphatic heterocycles. The van der Waals surface area contributed by atoms with E-state index in [1.54, 1.807) is 31.0 Å². The maximum Gasteiger partial charge on any atom is 0.257 e. The fourth-order valence-electron chi connectivity index (χ4n) is 2.83. The molecule has 0 spiro atoms. The number of halogens is 1. The van der Waals surface area contributed by atoms with E-state index in [4.69, 9.17) is 9.26 Å². The number of nitrogens with zero attached hydrogens (tertiary/aromatic N) is 5. The number of hydrogen-bond acceptors (Lipinski definition) is 6. The van der Waals surface area contributed by atoms with E-state index in [0.717, 1.165) is 5.69 Å². The summed E-state index contributed by atoms with van der Waals surface area (Å²) in [6.07, 6.45) is 2.66.